The van der Waals surface area contributed by atoms with Crippen molar-refractivity contribution < 1.29 is 112 Å². The molecule has 11 aromatic carbocycles. The quantitative estimate of drug-likeness (QED) is 0.0147. The number of phenolic OH excluding ortho intramolecular Hbond substituents is 20. The molecule has 17 rings (SSSR count). The Morgan fingerprint density at radius 1 is 0.328 bits per heavy atom. The molecular formula is C106H129N9O22. The number of aromatic hydroxyl groups is 20. The number of carbonyl (C=O) groups is 1. The average Bonchev–Trinajstić information content (AvgIpc) is 1.72. The normalized spacial score (nSPS) is 19.8. The Balaban J connectivity index is 0.000000145. The van der Waals surface area contributed by atoms with Crippen molar-refractivity contribution in [3.8, 4) is 115 Å². The highest BCUT2D eigenvalue weighted by atomic mass is 16.3. The van der Waals surface area contributed by atoms with E-state index in [1.807, 2.05) is 59.5 Å². The second-order valence-corrected chi connectivity index (χ2v) is 36.9. The first-order chi connectivity index (χ1) is 65.8. The van der Waals surface area contributed by atoms with Gasteiger partial charge in [-0.3, -0.25) is 24.8 Å². The molecule has 137 heavy (non-hydrogen) atoms. The van der Waals surface area contributed by atoms with E-state index in [-0.39, 0.29) is 145 Å². The summed E-state index contributed by atoms with van der Waals surface area (Å²) in [5.41, 5.74) is 11.6. The Labute approximate surface area is 796 Å². The Bertz CT molecular complexity index is 5630. The van der Waals surface area contributed by atoms with E-state index in [1.165, 1.54) is 116 Å². The third-order valence-electron chi connectivity index (χ3n) is 26.8. The molecule has 3 aliphatic heterocycles. The topological polar surface area (TPSA) is 524 Å². The first kappa shape index (κ1) is 101. The van der Waals surface area contributed by atoms with Gasteiger partial charge < -0.3 is 134 Å². The highest BCUT2D eigenvalue weighted by molar-refractivity contribution is 5.82. The monoisotopic (exact) mass is 1880 g/mol. The van der Waals surface area contributed by atoms with Crippen LogP contribution in [0.4, 0.5) is 0 Å². The molecule has 6 aliphatic rings. The van der Waals surface area contributed by atoms with Crippen molar-refractivity contribution in [3.05, 3.63) is 273 Å². The van der Waals surface area contributed by atoms with Crippen LogP contribution in [0.5, 0.6) is 115 Å². The maximum atomic E-state index is 12.5. The molecule has 8 atom stereocenters. The molecule has 2 saturated carbocycles. The molecule has 0 spiro atoms. The number of hydrogen-bond acceptors (Lipinski definition) is 30. The molecule has 5 fully saturated rings. The van der Waals surface area contributed by atoms with Crippen molar-refractivity contribution >= 4 is 5.91 Å². The molecule has 11 aromatic rings. The minimum absolute atomic E-state index is 0.0194. The molecule has 7 unspecified atom stereocenters. The van der Waals surface area contributed by atoms with Crippen LogP contribution in [-0.4, -0.2) is 204 Å². The second-order valence-electron chi connectivity index (χ2n) is 36.9. The number of fused-ring (bicyclic) bond motifs is 3. The molecule has 730 valence electrons. The van der Waals surface area contributed by atoms with Gasteiger partial charge in [-0.05, 0) is 315 Å². The number of hydrogen-bond donors (Lipinski definition) is 27. The van der Waals surface area contributed by atoms with Gasteiger partial charge in [0.1, 0.15) is 6.23 Å². The van der Waals surface area contributed by atoms with Gasteiger partial charge in [-0.25, -0.2) is 0 Å². The van der Waals surface area contributed by atoms with Gasteiger partial charge in [0.05, 0.1) is 6.04 Å². The van der Waals surface area contributed by atoms with Crippen molar-refractivity contribution in [1.82, 2.24) is 46.6 Å². The zero-order valence-electron chi connectivity index (χ0n) is 76.6. The van der Waals surface area contributed by atoms with Gasteiger partial charge in [0, 0.05) is 102 Å². The van der Waals surface area contributed by atoms with Gasteiger partial charge in [0.15, 0.2) is 115 Å². The van der Waals surface area contributed by atoms with Crippen molar-refractivity contribution in [2.45, 2.75) is 185 Å². The van der Waals surface area contributed by atoms with Crippen molar-refractivity contribution in [3.63, 3.8) is 0 Å². The first-order valence-electron chi connectivity index (χ1n) is 46.8. The van der Waals surface area contributed by atoms with Crippen LogP contribution < -0.4 is 31.9 Å². The molecule has 0 aromatic heterocycles. The molecule has 2 bridgehead atoms. The summed E-state index contributed by atoms with van der Waals surface area (Å²) >= 11 is 0. The lowest BCUT2D eigenvalue weighted by atomic mass is 9.72. The van der Waals surface area contributed by atoms with Gasteiger partial charge in [-0.1, -0.05) is 91.3 Å². The largest absolute Gasteiger partial charge is 0.504 e. The number of aliphatic hydroxyl groups is 1. The third kappa shape index (κ3) is 29.3. The number of rotatable bonds is 30. The number of nitrogens with one attached hydrogen (secondary N) is 6. The Hall–Kier alpha value is -13.5. The van der Waals surface area contributed by atoms with Crippen molar-refractivity contribution in [2.75, 3.05) is 39.3 Å². The Morgan fingerprint density at radius 3 is 1.04 bits per heavy atom. The summed E-state index contributed by atoms with van der Waals surface area (Å²) in [6.45, 7) is 10.1. The minimum Gasteiger partial charge on any atom is -0.504 e. The van der Waals surface area contributed by atoms with E-state index in [1.54, 1.807) is 60.7 Å². The first-order valence-corrected chi connectivity index (χ1v) is 46.8. The predicted octanol–water partition coefficient (Wildman–Crippen LogP) is 12.9. The lowest BCUT2D eigenvalue weighted by Crippen LogP contribution is -2.45. The van der Waals surface area contributed by atoms with Crippen LogP contribution in [-0.2, 0) is 82.8 Å². The lowest BCUT2D eigenvalue weighted by Gasteiger charge is -2.36. The van der Waals surface area contributed by atoms with Crippen LogP contribution in [0.1, 0.15) is 137 Å². The molecular weight excluding hydrogens is 1750 g/mol. The maximum Gasteiger partial charge on any atom is 0.237 e. The number of likely N-dealkylation sites (tertiary alicyclic amines) is 3. The molecule has 0 radical (unpaired) electrons. The number of nitrogens with zero attached hydrogens (tertiary/aromatic N) is 3. The van der Waals surface area contributed by atoms with E-state index in [4.69, 9.17) is 0 Å². The van der Waals surface area contributed by atoms with E-state index >= 15 is 0 Å². The number of carbonyl (C=O) groups excluding carboxylic acids is 1. The van der Waals surface area contributed by atoms with E-state index in [2.05, 4.69) is 53.8 Å². The zero-order chi connectivity index (χ0) is 97.3. The highest BCUT2D eigenvalue weighted by Crippen LogP contribution is 2.41. The summed E-state index contributed by atoms with van der Waals surface area (Å²) in [5, 5.41) is 221. The molecule has 3 heterocycles. The van der Waals surface area contributed by atoms with Gasteiger partial charge in [0.2, 0.25) is 5.91 Å². The fraction of sp³-hybridized carbons (Fsp3) is 0.368. The standard InChI is InChI=1S/C26H29NO5.C22H30N2O4.C20H26N2O4.C19H22N2O5.C19H22N2O4/c28-22-7-5-16(12-24(22)30)9-10-27-26(32)21-15-19-4-2-1-3-18(19)14-20(21)11-17-6-8-23(29)25(31)13-17;25-19-6-4-17(9-21(19)27)13-23-11-15-2-1-3-16(8-15)12-24-14-18-5-7-20(26)22(28)10-18;23-17-7-1-13(9-19(17)25)11-21-15-3-5-16(6-4-15)22-12-14-2-8-18(24)20(26)10-14;22-15-5-3-12(8-17(15)24)10-20-19(26)14-2-1-7-21(14)11-13-4-6-16(23)18(25)9-13;22-16-3-1-12(5-18(16)24)8-20-10-15-7-14(20)11-21(15)9-13-2-4-17(23)19(25)6-13/h1-8,12-13,20-21,26-32H,9-11,14-15H2;4-7,9-10,15-16,23-28H,1-3,8,11-14H2;1-2,7-10,15-16,21-26H,3-6,11-12H2;3-6,8-9,14,22-25H,1-2,7,10-11H2,(H,20,26);1-6,14-15,22-25H,7-11H2/t20?,21?,26-;;;;/m1..../s1. The molecule has 3 aliphatic carbocycles. The SMILES string of the molecule is O=C(NCc1ccc(O)c(O)c1)C1CCCN1Cc1ccc(O)c(O)c1.Oc1ccc(CCN[C@H](O)C2Cc3ccccc3CC2Cc2ccc(O)c(O)c2)cc1O.Oc1ccc(CN2CC3CC2CN3Cc2ccc(O)c(O)c2)cc1O.Oc1ccc(CNC2CCC(NCc3ccc(O)c(O)c3)CC2)cc1O.Oc1ccc(CNCC2CCCC(CNCc3ccc(O)c(O)c3)C2)cc1O. The number of piperazine rings is 1. The van der Waals surface area contributed by atoms with E-state index in [9.17, 15) is 112 Å². The van der Waals surface area contributed by atoms with Gasteiger partial charge >= 0.3 is 0 Å². The average molecular weight is 1880 g/mol. The lowest BCUT2D eigenvalue weighted by molar-refractivity contribution is -0.125. The van der Waals surface area contributed by atoms with Crippen LogP contribution in [0.2, 0.25) is 0 Å². The second kappa shape index (κ2) is 48.3. The zero-order valence-corrected chi connectivity index (χ0v) is 76.6. The van der Waals surface area contributed by atoms with Crippen molar-refractivity contribution in [1.29, 1.82) is 0 Å². The number of aliphatic hydroxyl groups excluding tert-OH is 1. The summed E-state index contributed by atoms with van der Waals surface area (Å²) in [7, 11) is 0. The number of amides is 1. The van der Waals surface area contributed by atoms with E-state index in [0.717, 1.165) is 154 Å². The molecule has 1 amide bonds. The fourth-order valence-electron chi connectivity index (χ4n) is 19.2. The Kier molecular flexibility index (Phi) is 35.6. The van der Waals surface area contributed by atoms with Crippen molar-refractivity contribution in [2.24, 2.45) is 23.7 Å². The summed E-state index contributed by atoms with van der Waals surface area (Å²) < 4.78 is 0. The van der Waals surface area contributed by atoms with E-state index in [0.29, 0.717) is 93.7 Å². The van der Waals surface area contributed by atoms with E-state index < -0.39 is 6.23 Å². The Morgan fingerprint density at radius 2 is 0.657 bits per heavy atom. The molecule has 31 nitrogen and oxygen atoms in total. The maximum absolute atomic E-state index is 12.5. The summed E-state index contributed by atoms with van der Waals surface area (Å²) in [4.78, 5) is 19.4. The third-order valence-corrected chi connectivity index (χ3v) is 26.8. The summed E-state index contributed by atoms with van der Waals surface area (Å²) in [6.07, 6.45) is 14.1. The number of benzene rings is 11. The molecule has 3 saturated heterocycles. The smallest absolute Gasteiger partial charge is 0.237 e. The number of phenols is 20. The summed E-state index contributed by atoms with van der Waals surface area (Å²) in [6, 6.07) is 58.3. The van der Waals surface area contributed by atoms with Crippen LogP contribution in [0.3, 0.4) is 0 Å². The summed E-state index contributed by atoms with van der Waals surface area (Å²) in [5.74, 6) is -1.01. The van der Waals surface area contributed by atoms with Crippen LogP contribution in [0.15, 0.2) is 206 Å². The molecule has 31 heteroatoms. The van der Waals surface area contributed by atoms with Crippen LogP contribution in [0, 0.1) is 23.7 Å². The predicted molar refractivity (Wildman–Crippen MR) is 517 cm³/mol. The molecule has 27 N–H and O–H groups in total. The van der Waals surface area contributed by atoms with Gasteiger partial charge in [-0.2, -0.15) is 0 Å². The minimum atomic E-state index is -0.718. The van der Waals surface area contributed by atoms with Gasteiger partial charge in [0.25, 0.3) is 0 Å². The highest BCUT2D eigenvalue weighted by Gasteiger charge is 2.43. The van der Waals surface area contributed by atoms with Crippen LogP contribution in [0.25, 0.3) is 0 Å². The van der Waals surface area contributed by atoms with Gasteiger partial charge in [-0.15, -0.1) is 0 Å². The fourth-order valence-corrected chi connectivity index (χ4v) is 19.2. The van der Waals surface area contributed by atoms with Crippen LogP contribution >= 0.6 is 0 Å².